The van der Waals surface area contributed by atoms with E-state index in [1.54, 1.807) is 16.7 Å². The fourth-order valence-electron chi connectivity index (χ4n) is 3.01. The monoisotopic (exact) mass is 314 g/mol. The predicted molar refractivity (Wildman–Crippen MR) is 89.8 cm³/mol. The van der Waals surface area contributed by atoms with Crippen LogP contribution in [-0.2, 0) is 0 Å². The van der Waals surface area contributed by atoms with Crippen molar-refractivity contribution in [3.63, 3.8) is 0 Å². The molecule has 0 fully saturated rings. The molecule has 2 aromatic carbocycles. The van der Waals surface area contributed by atoms with Gasteiger partial charge in [-0.25, -0.2) is 9.78 Å². The largest absolute Gasteiger partial charge is 0.422 e. The van der Waals surface area contributed by atoms with Gasteiger partial charge in [-0.3, -0.25) is 4.40 Å². The molecule has 0 aliphatic rings. The van der Waals surface area contributed by atoms with Crippen molar-refractivity contribution in [2.75, 3.05) is 0 Å². The lowest BCUT2D eigenvalue weighted by Gasteiger charge is -2.06. The minimum atomic E-state index is -0.404. The minimum absolute atomic E-state index is 0.404. The zero-order chi connectivity index (χ0) is 16.1. The van der Waals surface area contributed by atoms with Gasteiger partial charge in [0.25, 0.3) is 5.78 Å². The molecule has 5 aromatic rings. The molecule has 0 saturated heterocycles. The number of benzene rings is 2. The van der Waals surface area contributed by atoms with Crippen molar-refractivity contribution in [1.82, 2.24) is 19.6 Å². The third-order valence-electron chi connectivity index (χ3n) is 4.13. The zero-order valence-electron chi connectivity index (χ0n) is 12.4. The molecule has 0 amide bonds. The van der Waals surface area contributed by atoms with Crippen LogP contribution in [0.25, 0.3) is 38.8 Å². The first-order chi connectivity index (χ1) is 11.8. The molecule has 114 valence electrons. The van der Waals surface area contributed by atoms with E-state index in [0.29, 0.717) is 22.6 Å². The van der Waals surface area contributed by atoms with Crippen LogP contribution < -0.4 is 5.63 Å². The van der Waals surface area contributed by atoms with E-state index in [4.69, 9.17) is 4.42 Å². The summed E-state index contributed by atoms with van der Waals surface area (Å²) in [4.78, 5) is 16.6. The minimum Gasteiger partial charge on any atom is -0.422 e. The highest BCUT2D eigenvalue weighted by Gasteiger charge is 2.13. The van der Waals surface area contributed by atoms with Crippen molar-refractivity contribution in [1.29, 1.82) is 0 Å². The number of aromatic nitrogens is 4. The van der Waals surface area contributed by atoms with Crippen LogP contribution in [0.2, 0.25) is 0 Å². The van der Waals surface area contributed by atoms with Crippen LogP contribution in [0.3, 0.4) is 0 Å². The van der Waals surface area contributed by atoms with Gasteiger partial charge in [0.2, 0.25) is 0 Å². The van der Waals surface area contributed by atoms with Crippen LogP contribution in [0.4, 0.5) is 0 Å². The molecule has 3 aromatic heterocycles. The summed E-state index contributed by atoms with van der Waals surface area (Å²) in [6.45, 7) is 0. The maximum atomic E-state index is 12.5. The molecule has 0 atom stereocenters. The molecule has 0 radical (unpaired) electrons. The summed E-state index contributed by atoms with van der Waals surface area (Å²) in [6.07, 6.45) is 3.14. The van der Waals surface area contributed by atoms with E-state index >= 15 is 0 Å². The molecule has 6 heteroatoms. The van der Waals surface area contributed by atoms with Gasteiger partial charge in [0, 0.05) is 11.6 Å². The van der Waals surface area contributed by atoms with Crippen molar-refractivity contribution in [2.45, 2.75) is 0 Å². The molecule has 24 heavy (non-hydrogen) atoms. The van der Waals surface area contributed by atoms with Crippen LogP contribution >= 0.6 is 0 Å². The Morgan fingerprint density at radius 2 is 1.92 bits per heavy atom. The summed E-state index contributed by atoms with van der Waals surface area (Å²) in [5.41, 5.74) is 1.26. The Balaban J connectivity index is 1.92. The number of rotatable bonds is 1. The van der Waals surface area contributed by atoms with E-state index in [9.17, 15) is 4.79 Å². The first kappa shape index (κ1) is 13.0. The van der Waals surface area contributed by atoms with Crippen LogP contribution in [-0.4, -0.2) is 19.6 Å². The van der Waals surface area contributed by atoms with E-state index in [1.807, 2.05) is 42.5 Å². The van der Waals surface area contributed by atoms with Gasteiger partial charge < -0.3 is 4.42 Å². The fourth-order valence-corrected chi connectivity index (χ4v) is 3.01. The molecule has 0 unspecified atom stereocenters. The van der Waals surface area contributed by atoms with Gasteiger partial charge in [-0.1, -0.05) is 30.3 Å². The molecule has 0 N–H and O–H groups in total. The second-order valence-corrected chi connectivity index (χ2v) is 5.48. The normalized spacial score (nSPS) is 11.5. The highest BCUT2D eigenvalue weighted by molar-refractivity contribution is 6.06. The molecule has 0 spiro atoms. The molecule has 6 nitrogen and oxygen atoms in total. The molecule has 0 aliphatic carbocycles. The number of hydrogen-bond acceptors (Lipinski definition) is 5. The van der Waals surface area contributed by atoms with E-state index in [-0.39, 0.29) is 0 Å². The summed E-state index contributed by atoms with van der Waals surface area (Å²) < 4.78 is 7.22. The van der Waals surface area contributed by atoms with E-state index < -0.39 is 5.63 Å². The van der Waals surface area contributed by atoms with Crippen molar-refractivity contribution in [2.24, 2.45) is 0 Å². The van der Waals surface area contributed by atoms with Gasteiger partial charge >= 0.3 is 5.63 Å². The van der Waals surface area contributed by atoms with Crippen molar-refractivity contribution in [3.8, 4) is 11.3 Å². The van der Waals surface area contributed by atoms with Crippen molar-refractivity contribution >= 4 is 27.5 Å². The zero-order valence-corrected chi connectivity index (χ0v) is 12.4. The van der Waals surface area contributed by atoms with Crippen molar-refractivity contribution < 1.29 is 4.42 Å². The molecule has 3 heterocycles. The third kappa shape index (κ3) is 1.77. The number of hydrogen-bond donors (Lipinski definition) is 0. The SMILES string of the molecule is O=c1oc2ccc3ccccc3c2cc1-c1ccnc2nncn12. The van der Waals surface area contributed by atoms with Crippen LogP contribution in [0.15, 0.2) is 70.3 Å². The summed E-state index contributed by atoms with van der Waals surface area (Å²) in [5.74, 6) is 0.435. The molecular formula is C18H10N4O2. The standard InChI is InChI=1S/C18H10N4O2/c23-17-14(15-7-8-19-18-21-20-10-22(15)18)9-13-12-4-2-1-3-11(12)5-6-16(13)24-17/h1-10H. The average molecular weight is 314 g/mol. The van der Waals surface area contributed by atoms with Gasteiger partial charge in [0.15, 0.2) is 0 Å². The third-order valence-corrected chi connectivity index (χ3v) is 4.13. The lowest BCUT2D eigenvalue weighted by atomic mass is 10.0. The maximum absolute atomic E-state index is 12.5. The Morgan fingerprint density at radius 1 is 1.00 bits per heavy atom. The lowest BCUT2D eigenvalue weighted by molar-refractivity contribution is 0.563. The van der Waals surface area contributed by atoms with E-state index in [2.05, 4.69) is 15.2 Å². The Morgan fingerprint density at radius 3 is 2.88 bits per heavy atom. The second kappa shape index (κ2) is 4.73. The molecular weight excluding hydrogens is 304 g/mol. The van der Waals surface area contributed by atoms with Crippen LogP contribution in [0, 0.1) is 0 Å². The molecule has 0 aliphatic heterocycles. The number of fused-ring (bicyclic) bond motifs is 4. The van der Waals surface area contributed by atoms with E-state index in [0.717, 1.165) is 16.2 Å². The Labute approximate surface area is 135 Å². The quantitative estimate of drug-likeness (QED) is 0.351. The summed E-state index contributed by atoms with van der Waals surface area (Å²) in [5, 5.41) is 10.8. The highest BCUT2D eigenvalue weighted by Crippen LogP contribution is 2.27. The van der Waals surface area contributed by atoms with Gasteiger partial charge in [0.05, 0.1) is 11.3 Å². The van der Waals surface area contributed by atoms with Gasteiger partial charge in [-0.2, -0.15) is 0 Å². The molecule has 5 rings (SSSR count). The number of nitrogens with zero attached hydrogens (tertiary/aromatic N) is 4. The second-order valence-electron chi connectivity index (χ2n) is 5.48. The Bertz CT molecular complexity index is 1290. The van der Waals surface area contributed by atoms with Gasteiger partial charge in [0.1, 0.15) is 11.9 Å². The van der Waals surface area contributed by atoms with E-state index in [1.165, 1.54) is 6.33 Å². The topological polar surface area (TPSA) is 73.3 Å². The lowest BCUT2D eigenvalue weighted by Crippen LogP contribution is -2.06. The highest BCUT2D eigenvalue weighted by atomic mass is 16.4. The summed E-state index contributed by atoms with van der Waals surface area (Å²) >= 11 is 0. The fraction of sp³-hybridized carbons (Fsp3) is 0. The first-order valence-electron chi connectivity index (χ1n) is 7.42. The maximum Gasteiger partial charge on any atom is 0.345 e. The smallest absolute Gasteiger partial charge is 0.345 e. The predicted octanol–water partition coefficient (Wildman–Crippen LogP) is 3.05. The Hall–Kier alpha value is -3.54. The van der Waals surface area contributed by atoms with Gasteiger partial charge in [-0.15, -0.1) is 10.2 Å². The summed E-state index contributed by atoms with van der Waals surface area (Å²) in [6, 6.07) is 15.4. The van der Waals surface area contributed by atoms with Gasteiger partial charge in [-0.05, 0) is 29.0 Å². The Kier molecular flexibility index (Phi) is 2.55. The molecule has 0 saturated carbocycles. The molecule has 0 bridgehead atoms. The van der Waals surface area contributed by atoms with Crippen molar-refractivity contribution in [3.05, 3.63) is 71.5 Å². The average Bonchev–Trinajstić information content (AvgIpc) is 3.10. The van der Waals surface area contributed by atoms with Crippen LogP contribution in [0.5, 0.6) is 0 Å². The first-order valence-corrected chi connectivity index (χ1v) is 7.42. The van der Waals surface area contributed by atoms with Crippen LogP contribution in [0.1, 0.15) is 0 Å². The summed E-state index contributed by atoms with van der Waals surface area (Å²) in [7, 11) is 0.